The maximum absolute atomic E-state index is 12.7. The first-order chi connectivity index (χ1) is 11.8. The van der Waals surface area contributed by atoms with Crippen molar-refractivity contribution in [3.8, 4) is 5.75 Å². The third-order valence-electron chi connectivity index (χ3n) is 5.03. The molecule has 126 valence electrons. The van der Waals surface area contributed by atoms with Crippen LogP contribution >= 0.6 is 0 Å². The first kappa shape index (κ1) is 15.1. The molecule has 2 aromatic rings. The minimum Gasteiger partial charge on any atom is -0.495 e. The highest BCUT2D eigenvalue weighted by molar-refractivity contribution is 5.83. The molecule has 24 heavy (non-hydrogen) atoms. The molecule has 0 unspecified atom stereocenters. The van der Waals surface area contributed by atoms with Crippen LogP contribution in [0.3, 0.4) is 0 Å². The number of furan rings is 1. The smallest absolute Gasteiger partial charge is 0.226 e. The van der Waals surface area contributed by atoms with Crippen molar-refractivity contribution >= 4 is 11.6 Å². The second-order valence-corrected chi connectivity index (χ2v) is 6.45. The minimum absolute atomic E-state index is 0.106. The van der Waals surface area contributed by atoms with Crippen molar-refractivity contribution in [1.29, 1.82) is 0 Å². The molecule has 0 bridgehead atoms. The number of benzene rings is 1. The molecular weight excluding hydrogens is 304 g/mol. The topological polar surface area (TPSA) is 45.9 Å². The molecule has 1 aromatic carbocycles. The summed E-state index contributed by atoms with van der Waals surface area (Å²) in [5.41, 5.74) is 1.10. The molecule has 1 amide bonds. The van der Waals surface area contributed by atoms with Crippen LogP contribution in [0.2, 0.25) is 0 Å². The maximum atomic E-state index is 12.7. The summed E-state index contributed by atoms with van der Waals surface area (Å²) >= 11 is 0. The summed E-state index contributed by atoms with van der Waals surface area (Å²) in [6.45, 7) is 3.20. The van der Waals surface area contributed by atoms with Crippen LogP contribution in [0.5, 0.6) is 5.75 Å². The largest absolute Gasteiger partial charge is 0.495 e. The van der Waals surface area contributed by atoms with Gasteiger partial charge >= 0.3 is 0 Å². The summed E-state index contributed by atoms with van der Waals surface area (Å²) < 4.78 is 10.9. The first-order valence-corrected chi connectivity index (χ1v) is 8.48. The van der Waals surface area contributed by atoms with Crippen LogP contribution in [0.25, 0.3) is 0 Å². The van der Waals surface area contributed by atoms with Crippen LogP contribution in [-0.2, 0) is 4.79 Å². The average molecular weight is 326 g/mol. The zero-order chi connectivity index (χ0) is 16.5. The Balaban J connectivity index is 1.36. The number of para-hydroxylation sites is 2. The van der Waals surface area contributed by atoms with E-state index in [9.17, 15) is 4.79 Å². The van der Waals surface area contributed by atoms with Crippen molar-refractivity contribution in [2.45, 2.75) is 12.3 Å². The number of carbonyl (C=O) groups is 1. The van der Waals surface area contributed by atoms with E-state index in [4.69, 9.17) is 9.15 Å². The Hall–Kier alpha value is -2.43. The fourth-order valence-corrected chi connectivity index (χ4v) is 3.58. The average Bonchev–Trinajstić information content (AvgIpc) is 3.25. The number of hydrogen-bond acceptors (Lipinski definition) is 4. The number of ether oxygens (including phenoxy) is 1. The molecule has 2 heterocycles. The molecule has 5 nitrogen and oxygen atoms in total. The van der Waals surface area contributed by atoms with Crippen molar-refractivity contribution in [3.05, 3.63) is 48.4 Å². The van der Waals surface area contributed by atoms with Gasteiger partial charge in [-0.05, 0) is 30.7 Å². The van der Waals surface area contributed by atoms with Gasteiger partial charge in [0.15, 0.2) is 0 Å². The molecule has 1 aromatic heterocycles. The standard InChI is InChI=1S/C19H22N2O3/c1-23-18-6-3-2-5-16(18)20-8-10-21(11-9-20)19(22)15-13-14(15)17-7-4-12-24-17/h2-7,12,14-15H,8-11,13H2,1H3/t14-,15-/m0/s1. The number of rotatable bonds is 4. The minimum atomic E-state index is 0.106. The van der Waals surface area contributed by atoms with Crippen LogP contribution < -0.4 is 9.64 Å². The fraction of sp³-hybridized carbons (Fsp3) is 0.421. The molecule has 0 N–H and O–H groups in total. The van der Waals surface area contributed by atoms with E-state index in [0.717, 1.165) is 49.8 Å². The van der Waals surface area contributed by atoms with Crippen molar-refractivity contribution in [2.75, 3.05) is 38.2 Å². The summed E-state index contributed by atoms with van der Waals surface area (Å²) in [4.78, 5) is 17.0. The number of amides is 1. The zero-order valence-corrected chi connectivity index (χ0v) is 13.9. The molecule has 2 atom stereocenters. The zero-order valence-electron chi connectivity index (χ0n) is 13.9. The Kier molecular flexibility index (Phi) is 3.92. The molecule has 1 saturated carbocycles. The highest BCUT2D eigenvalue weighted by atomic mass is 16.5. The van der Waals surface area contributed by atoms with E-state index in [0.29, 0.717) is 0 Å². The van der Waals surface area contributed by atoms with E-state index in [1.807, 2.05) is 35.2 Å². The lowest BCUT2D eigenvalue weighted by Gasteiger charge is -2.36. The molecular formula is C19H22N2O3. The Morgan fingerprint density at radius 2 is 1.92 bits per heavy atom. The first-order valence-electron chi connectivity index (χ1n) is 8.48. The van der Waals surface area contributed by atoms with Gasteiger partial charge in [0.25, 0.3) is 0 Å². The van der Waals surface area contributed by atoms with Gasteiger partial charge in [0.05, 0.1) is 19.1 Å². The van der Waals surface area contributed by atoms with Gasteiger partial charge in [-0.1, -0.05) is 12.1 Å². The number of methoxy groups -OCH3 is 1. The molecule has 4 rings (SSSR count). The lowest BCUT2D eigenvalue weighted by atomic mass is 10.2. The molecule has 1 saturated heterocycles. The molecule has 0 radical (unpaired) electrons. The summed E-state index contributed by atoms with van der Waals surface area (Å²) in [7, 11) is 1.69. The summed E-state index contributed by atoms with van der Waals surface area (Å²) in [5.74, 6) is 2.49. The number of anilines is 1. The number of nitrogens with zero attached hydrogens (tertiary/aromatic N) is 2. The SMILES string of the molecule is COc1ccccc1N1CCN(C(=O)[C@H]2C[C@@H]2c2ccco2)CC1. The van der Waals surface area contributed by atoms with Crippen LogP contribution in [0.1, 0.15) is 18.1 Å². The summed E-state index contributed by atoms with van der Waals surface area (Å²) in [5, 5.41) is 0. The Morgan fingerprint density at radius 3 is 2.62 bits per heavy atom. The predicted octanol–water partition coefficient (Wildman–Crippen LogP) is 2.74. The second-order valence-electron chi connectivity index (χ2n) is 6.45. The summed E-state index contributed by atoms with van der Waals surface area (Å²) in [6.07, 6.45) is 2.60. The number of carbonyl (C=O) groups excluding carboxylic acids is 1. The molecule has 1 aliphatic heterocycles. The Labute approximate surface area is 141 Å². The maximum Gasteiger partial charge on any atom is 0.226 e. The van der Waals surface area contributed by atoms with Crippen LogP contribution in [-0.4, -0.2) is 44.1 Å². The third kappa shape index (κ3) is 2.75. The molecule has 5 heteroatoms. The molecule has 0 spiro atoms. The van der Waals surface area contributed by atoms with Gasteiger partial charge in [-0.15, -0.1) is 0 Å². The second kappa shape index (κ2) is 6.23. The monoisotopic (exact) mass is 326 g/mol. The molecule has 2 fully saturated rings. The van der Waals surface area contributed by atoms with Gasteiger partial charge in [0, 0.05) is 38.0 Å². The van der Waals surface area contributed by atoms with Crippen LogP contribution in [0.15, 0.2) is 47.1 Å². The van der Waals surface area contributed by atoms with Crippen molar-refractivity contribution in [1.82, 2.24) is 4.90 Å². The van der Waals surface area contributed by atoms with Gasteiger partial charge < -0.3 is 19.0 Å². The predicted molar refractivity (Wildman–Crippen MR) is 91.3 cm³/mol. The highest BCUT2D eigenvalue weighted by Gasteiger charge is 2.47. The van der Waals surface area contributed by atoms with Crippen molar-refractivity contribution in [2.24, 2.45) is 5.92 Å². The Bertz CT molecular complexity index is 705. The lowest BCUT2D eigenvalue weighted by molar-refractivity contribution is -0.133. The van der Waals surface area contributed by atoms with Crippen LogP contribution in [0.4, 0.5) is 5.69 Å². The highest BCUT2D eigenvalue weighted by Crippen LogP contribution is 2.48. The van der Waals surface area contributed by atoms with Crippen molar-refractivity contribution < 1.29 is 13.9 Å². The van der Waals surface area contributed by atoms with Gasteiger partial charge in [-0.2, -0.15) is 0 Å². The van der Waals surface area contributed by atoms with E-state index in [1.165, 1.54) is 0 Å². The van der Waals surface area contributed by atoms with Crippen molar-refractivity contribution in [3.63, 3.8) is 0 Å². The van der Waals surface area contributed by atoms with Gasteiger partial charge in [-0.3, -0.25) is 4.79 Å². The van der Waals surface area contributed by atoms with E-state index >= 15 is 0 Å². The van der Waals surface area contributed by atoms with E-state index in [2.05, 4.69) is 11.0 Å². The van der Waals surface area contributed by atoms with Gasteiger partial charge in [-0.25, -0.2) is 0 Å². The summed E-state index contributed by atoms with van der Waals surface area (Å²) in [6, 6.07) is 11.9. The third-order valence-corrected chi connectivity index (χ3v) is 5.03. The lowest BCUT2D eigenvalue weighted by Crippen LogP contribution is -2.49. The normalized spacial score (nSPS) is 23.2. The molecule has 2 aliphatic rings. The van der Waals surface area contributed by atoms with Gasteiger partial charge in [0.2, 0.25) is 5.91 Å². The number of hydrogen-bond donors (Lipinski definition) is 0. The Morgan fingerprint density at radius 1 is 1.12 bits per heavy atom. The fourth-order valence-electron chi connectivity index (χ4n) is 3.58. The van der Waals surface area contributed by atoms with E-state index < -0.39 is 0 Å². The number of piperazine rings is 1. The molecule has 1 aliphatic carbocycles. The van der Waals surface area contributed by atoms with Gasteiger partial charge in [0.1, 0.15) is 11.5 Å². The van der Waals surface area contributed by atoms with Crippen LogP contribution in [0, 0.1) is 5.92 Å². The quantitative estimate of drug-likeness (QED) is 0.867. The van der Waals surface area contributed by atoms with E-state index in [-0.39, 0.29) is 17.7 Å². The van der Waals surface area contributed by atoms with E-state index in [1.54, 1.807) is 13.4 Å².